The number of aromatic nitrogens is 1. The van der Waals surface area contributed by atoms with E-state index in [-0.39, 0.29) is 12.5 Å². The van der Waals surface area contributed by atoms with Crippen molar-refractivity contribution in [3.63, 3.8) is 0 Å². The Morgan fingerprint density at radius 1 is 1.53 bits per heavy atom. The molecule has 0 saturated carbocycles. The van der Waals surface area contributed by atoms with E-state index in [4.69, 9.17) is 5.11 Å². The molecule has 0 fully saturated rings. The van der Waals surface area contributed by atoms with Crippen LogP contribution in [0.15, 0.2) is 18.5 Å². The Bertz CT molecular complexity index is 433. The van der Waals surface area contributed by atoms with Crippen molar-refractivity contribution in [1.82, 2.24) is 10.3 Å². The predicted molar refractivity (Wildman–Crippen MR) is 65.4 cm³/mol. The van der Waals surface area contributed by atoms with Gasteiger partial charge in [0.15, 0.2) is 0 Å². The van der Waals surface area contributed by atoms with Gasteiger partial charge in [-0.25, -0.2) is 0 Å². The molecule has 1 rings (SSSR count). The monoisotopic (exact) mass is 232 g/mol. The third-order valence-electron chi connectivity index (χ3n) is 2.01. The Morgan fingerprint density at radius 3 is 3.06 bits per heavy atom. The predicted octanol–water partition coefficient (Wildman–Crippen LogP) is 0.955. The summed E-state index contributed by atoms with van der Waals surface area (Å²) in [7, 11) is 0. The van der Waals surface area contributed by atoms with Gasteiger partial charge in [-0.05, 0) is 12.5 Å². The number of carbonyl (C=O) groups is 1. The van der Waals surface area contributed by atoms with Crippen molar-refractivity contribution in [3.8, 4) is 11.8 Å². The van der Waals surface area contributed by atoms with E-state index in [0.29, 0.717) is 24.1 Å². The van der Waals surface area contributed by atoms with Gasteiger partial charge in [-0.3, -0.25) is 9.78 Å². The topological polar surface area (TPSA) is 62.2 Å². The third kappa shape index (κ3) is 4.66. The van der Waals surface area contributed by atoms with Gasteiger partial charge in [-0.2, -0.15) is 0 Å². The zero-order chi connectivity index (χ0) is 12.5. The molecule has 2 N–H and O–H groups in total. The van der Waals surface area contributed by atoms with E-state index in [1.807, 2.05) is 6.92 Å². The van der Waals surface area contributed by atoms with Gasteiger partial charge in [0, 0.05) is 30.9 Å². The minimum absolute atomic E-state index is 0.0388. The molecule has 1 heterocycles. The lowest BCUT2D eigenvalue weighted by Gasteiger charge is -2.02. The molecule has 0 radical (unpaired) electrons. The molecule has 0 bridgehead atoms. The van der Waals surface area contributed by atoms with Crippen molar-refractivity contribution >= 4 is 5.91 Å². The fourth-order valence-electron chi connectivity index (χ4n) is 1.19. The largest absolute Gasteiger partial charge is 0.395 e. The summed E-state index contributed by atoms with van der Waals surface area (Å²) in [5.41, 5.74) is 1.19. The van der Waals surface area contributed by atoms with Crippen LogP contribution >= 0.6 is 0 Å². The third-order valence-corrected chi connectivity index (χ3v) is 2.01. The Labute approximate surface area is 101 Å². The minimum atomic E-state index is -0.134. The molecule has 90 valence electrons. The molecule has 0 spiro atoms. The lowest BCUT2D eigenvalue weighted by Crippen LogP contribution is -2.24. The number of aliphatic hydroxyl groups excluding tert-OH is 1. The highest BCUT2D eigenvalue weighted by molar-refractivity contribution is 5.94. The number of rotatable bonds is 4. The molecule has 0 aliphatic rings. The summed E-state index contributed by atoms with van der Waals surface area (Å²) in [6.07, 6.45) is 4.44. The van der Waals surface area contributed by atoms with E-state index in [2.05, 4.69) is 22.1 Å². The van der Waals surface area contributed by atoms with Crippen LogP contribution in [-0.4, -0.2) is 29.1 Å². The van der Waals surface area contributed by atoms with Crippen molar-refractivity contribution in [2.24, 2.45) is 0 Å². The van der Waals surface area contributed by atoms with E-state index in [0.717, 1.165) is 6.42 Å². The molecule has 0 aliphatic carbocycles. The molecule has 0 saturated heterocycles. The van der Waals surface area contributed by atoms with E-state index in [1.165, 1.54) is 6.20 Å². The van der Waals surface area contributed by atoms with Crippen molar-refractivity contribution in [1.29, 1.82) is 0 Å². The molecule has 0 aromatic carbocycles. The van der Waals surface area contributed by atoms with Crippen LogP contribution in [0.2, 0.25) is 0 Å². The highest BCUT2D eigenvalue weighted by atomic mass is 16.2. The van der Waals surface area contributed by atoms with Gasteiger partial charge in [0.05, 0.1) is 12.2 Å². The van der Waals surface area contributed by atoms with Crippen molar-refractivity contribution in [2.45, 2.75) is 19.8 Å². The first-order valence-electron chi connectivity index (χ1n) is 5.61. The van der Waals surface area contributed by atoms with E-state index >= 15 is 0 Å². The second-order valence-corrected chi connectivity index (χ2v) is 3.49. The number of carbonyl (C=O) groups excluding carboxylic acids is 1. The fourth-order valence-corrected chi connectivity index (χ4v) is 1.19. The van der Waals surface area contributed by atoms with Crippen molar-refractivity contribution in [3.05, 3.63) is 29.6 Å². The summed E-state index contributed by atoms with van der Waals surface area (Å²) in [5, 5.41) is 11.4. The Balaban J connectivity index is 2.72. The second-order valence-electron chi connectivity index (χ2n) is 3.49. The van der Waals surface area contributed by atoms with Crippen LogP contribution in [-0.2, 0) is 0 Å². The number of hydrogen-bond acceptors (Lipinski definition) is 3. The maximum Gasteiger partial charge on any atom is 0.252 e. The van der Waals surface area contributed by atoms with E-state index < -0.39 is 0 Å². The second kappa shape index (κ2) is 7.42. The maximum atomic E-state index is 11.6. The number of amides is 1. The van der Waals surface area contributed by atoms with Crippen molar-refractivity contribution < 1.29 is 9.90 Å². The Kier molecular flexibility index (Phi) is 5.76. The van der Waals surface area contributed by atoms with E-state index in [9.17, 15) is 4.79 Å². The highest BCUT2D eigenvalue weighted by Crippen LogP contribution is 2.01. The van der Waals surface area contributed by atoms with Gasteiger partial charge < -0.3 is 10.4 Å². The molecular formula is C13H16N2O2. The number of nitrogens with one attached hydrogen (secondary N) is 1. The summed E-state index contributed by atoms with van der Waals surface area (Å²) in [6.45, 7) is 2.69. The van der Waals surface area contributed by atoms with Crippen LogP contribution in [0.3, 0.4) is 0 Å². The summed E-state index contributed by atoms with van der Waals surface area (Å²) in [6, 6.07) is 1.70. The fraction of sp³-hybridized carbons (Fsp3) is 0.385. The first-order chi connectivity index (χ1) is 8.27. The maximum absolute atomic E-state index is 11.6. The lowest BCUT2D eigenvalue weighted by molar-refractivity contribution is 0.0953. The van der Waals surface area contributed by atoms with Gasteiger partial charge in [0.1, 0.15) is 0 Å². The van der Waals surface area contributed by atoms with Crippen molar-refractivity contribution in [2.75, 3.05) is 13.2 Å². The van der Waals surface area contributed by atoms with Crippen LogP contribution in [0.25, 0.3) is 0 Å². The van der Waals surface area contributed by atoms with Gasteiger partial charge in [-0.1, -0.05) is 18.8 Å². The molecule has 0 atom stereocenters. The summed E-state index contributed by atoms with van der Waals surface area (Å²) >= 11 is 0. The first kappa shape index (κ1) is 13.2. The zero-order valence-electron chi connectivity index (χ0n) is 9.86. The minimum Gasteiger partial charge on any atom is -0.395 e. The smallest absolute Gasteiger partial charge is 0.252 e. The molecular weight excluding hydrogens is 216 g/mol. The summed E-state index contributed by atoms with van der Waals surface area (Å²) in [4.78, 5) is 15.6. The van der Waals surface area contributed by atoms with Gasteiger partial charge in [-0.15, -0.1) is 0 Å². The van der Waals surface area contributed by atoms with Gasteiger partial charge in [0.25, 0.3) is 5.91 Å². The molecule has 17 heavy (non-hydrogen) atoms. The Morgan fingerprint density at radius 2 is 2.35 bits per heavy atom. The quantitative estimate of drug-likeness (QED) is 0.760. The summed E-state index contributed by atoms with van der Waals surface area (Å²) < 4.78 is 0. The molecule has 0 unspecified atom stereocenters. The van der Waals surface area contributed by atoms with Crippen LogP contribution in [0, 0.1) is 11.8 Å². The number of pyridine rings is 1. The average Bonchev–Trinajstić information content (AvgIpc) is 2.36. The average molecular weight is 232 g/mol. The SMILES string of the molecule is CCCNC(=O)c1cncc(C#CCCO)c1. The van der Waals surface area contributed by atoms with Gasteiger partial charge >= 0.3 is 0 Å². The molecule has 1 amide bonds. The Hall–Kier alpha value is -1.86. The highest BCUT2D eigenvalue weighted by Gasteiger charge is 2.04. The molecule has 1 aromatic heterocycles. The van der Waals surface area contributed by atoms with Crippen LogP contribution in [0.1, 0.15) is 35.7 Å². The number of nitrogens with zero attached hydrogens (tertiary/aromatic N) is 1. The molecule has 0 aliphatic heterocycles. The molecule has 1 aromatic rings. The van der Waals surface area contributed by atoms with Crippen LogP contribution in [0.4, 0.5) is 0 Å². The number of aliphatic hydroxyl groups is 1. The molecule has 4 nitrogen and oxygen atoms in total. The molecule has 4 heteroatoms. The van der Waals surface area contributed by atoms with E-state index in [1.54, 1.807) is 12.3 Å². The van der Waals surface area contributed by atoms with Gasteiger partial charge in [0.2, 0.25) is 0 Å². The normalized spacial score (nSPS) is 9.29. The number of hydrogen-bond donors (Lipinski definition) is 2. The van der Waals surface area contributed by atoms with Crippen LogP contribution < -0.4 is 5.32 Å². The standard InChI is InChI=1S/C13H16N2O2/c1-2-6-15-13(17)12-8-11(9-14-10-12)5-3-4-7-16/h8-10,16H,2,4,6-7H2,1H3,(H,15,17). The summed E-state index contributed by atoms with van der Waals surface area (Å²) in [5.74, 6) is 5.50. The zero-order valence-corrected chi connectivity index (χ0v) is 9.86. The lowest BCUT2D eigenvalue weighted by atomic mass is 10.2. The first-order valence-corrected chi connectivity index (χ1v) is 5.61. The van der Waals surface area contributed by atoms with Crippen LogP contribution in [0.5, 0.6) is 0 Å².